The Balaban J connectivity index is 1.65. The highest BCUT2D eigenvalue weighted by atomic mass is 32.2. The molecule has 1 aliphatic rings. The summed E-state index contributed by atoms with van der Waals surface area (Å²) in [7, 11) is -3.80. The summed E-state index contributed by atoms with van der Waals surface area (Å²) in [4.78, 5) is 26.7. The topological polar surface area (TPSA) is 95.6 Å². The van der Waals surface area contributed by atoms with Gasteiger partial charge in [0, 0.05) is 31.2 Å². The molecule has 3 rings (SSSR count). The summed E-state index contributed by atoms with van der Waals surface area (Å²) >= 11 is 0. The summed E-state index contributed by atoms with van der Waals surface area (Å²) in [6, 6.07) is 10.4. The number of amides is 2. The third-order valence-electron chi connectivity index (χ3n) is 5.32. The zero-order chi connectivity index (χ0) is 22.6. The third kappa shape index (κ3) is 5.29. The number of carbonyl (C=O) groups is 2. The number of benzene rings is 2. The molecule has 2 aromatic carbocycles. The van der Waals surface area contributed by atoms with Crippen molar-refractivity contribution in [2.24, 2.45) is 0 Å². The number of hydrogen-bond donors (Lipinski definition) is 2. The highest BCUT2D eigenvalue weighted by Gasteiger charge is 2.27. The number of rotatable bonds is 6. The maximum absolute atomic E-state index is 14.3. The Labute approximate surface area is 181 Å². The van der Waals surface area contributed by atoms with E-state index < -0.39 is 21.7 Å². The normalized spacial score (nSPS) is 15.0. The first-order valence-electron chi connectivity index (χ1n) is 10.2. The van der Waals surface area contributed by atoms with Gasteiger partial charge in [0.1, 0.15) is 5.82 Å². The molecule has 166 valence electrons. The molecule has 0 unspecified atom stereocenters. The van der Waals surface area contributed by atoms with E-state index in [9.17, 15) is 22.4 Å². The number of nitrogens with zero attached hydrogens (tertiary/aromatic N) is 1. The van der Waals surface area contributed by atoms with Crippen molar-refractivity contribution in [1.29, 1.82) is 0 Å². The fourth-order valence-electron chi connectivity index (χ4n) is 3.60. The largest absolute Gasteiger partial charge is 0.349 e. The van der Waals surface area contributed by atoms with Crippen LogP contribution in [0.5, 0.6) is 0 Å². The maximum atomic E-state index is 14.3. The quantitative estimate of drug-likeness (QED) is 0.711. The number of halogens is 1. The van der Waals surface area contributed by atoms with Gasteiger partial charge in [0.2, 0.25) is 10.0 Å². The molecule has 0 bridgehead atoms. The van der Waals surface area contributed by atoms with Crippen LogP contribution < -0.4 is 10.0 Å². The van der Waals surface area contributed by atoms with Crippen LogP contribution in [-0.2, 0) is 10.0 Å². The smallest absolute Gasteiger partial charge is 0.256 e. The van der Waals surface area contributed by atoms with Crippen molar-refractivity contribution in [2.75, 3.05) is 19.6 Å². The molecule has 7 nitrogen and oxygen atoms in total. The van der Waals surface area contributed by atoms with E-state index in [0.717, 1.165) is 23.8 Å². The van der Waals surface area contributed by atoms with Gasteiger partial charge in [0.05, 0.1) is 10.5 Å². The van der Waals surface area contributed by atoms with Crippen LogP contribution in [0.3, 0.4) is 0 Å². The minimum absolute atomic E-state index is 0.0959. The summed E-state index contributed by atoms with van der Waals surface area (Å²) in [6.45, 7) is 4.36. The summed E-state index contributed by atoms with van der Waals surface area (Å²) in [5.74, 6) is -1.49. The minimum Gasteiger partial charge on any atom is -0.349 e. The lowest BCUT2D eigenvalue weighted by Crippen LogP contribution is -2.46. The highest BCUT2D eigenvalue weighted by molar-refractivity contribution is 7.89. The fraction of sp³-hybridized carbons (Fsp3) is 0.364. The Hall–Kier alpha value is -2.78. The SMILES string of the molecule is CCNS(=O)(=O)c1ccc(F)c(C(=O)N2CCC(NC(=O)c3ccccc3C)CC2)c1. The number of aryl methyl sites for hydroxylation is 1. The summed E-state index contributed by atoms with van der Waals surface area (Å²) in [6.07, 6.45) is 1.06. The first-order chi connectivity index (χ1) is 14.7. The third-order valence-corrected chi connectivity index (χ3v) is 6.86. The van der Waals surface area contributed by atoms with Crippen LogP contribution in [0.4, 0.5) is 4.39 Å². The van der Waals surface area contributed by atoms with Crippen LogP contribution in [0.2, 0.25) is 0 Å². The molecule has 1 heterocycles. The van der Waals surface area contributed by atoms with Crippen LogP contribution in [-0.4, -0.2) is 50.8 Å². The van der Waals surface area contributed by atoms with Gasteiger partial charge in [-0.05, 0) is 49.6 Å². The Kier molecular flexibility index (Phi) is 7.07. The molecule has 0 aliphatic carbocycles. The van der Waals surface area contributed by atoms with Crippen LogP contribution in [0.1, 0.15) is 46.0 Å². The fourth-order valence-corrected chi connectivity index (χ4v) is 4.66. The molecule has 1 saturated heterocycles. The molecule has 1 fully saturated rings. The molecule has 1 aliphatic heterocycles. The van der Waals surface area contributed by atoms with E-state index in [1.54, 1.807) is 13.0 Å². The Morgan fingerprint density at radius 2 is 1.77 bits per heavy atom. The van der Waals surface area contributed by atoms with Crippen LogP contribution in [0.15, 0.2) is 47.4 Å². The number of sulfonamides is 1. The number of carbonyl (C=O) groups excluding carboxylic acids is 2. The first kappa shape index (κ1) is 22.9. The molecule has 0 radical (unpaired) electrons. The van der Waals surface area contributed by atoms with Crippen LogP contribution >= 0.6 is 0 Å². The lowest BCUT2D eigenvalue weighted by atomic mass is 10.0. The highest BCUT2D eigenvalue weighted by Crippen LogP contribution is 2.20. The molecule has 2 N–H and O–H groups in total. The summed E-state index contributed by atoms with van der Waals surface area (Å²) < 4.78 is 41.0. The molecule has 31 heavy (non-hydrogen) atoms. The van der Waals surface area contributed by atoms with Gasteiger partial charge in [-0.3, -0.25) is 9.59 Å². The molecule has 9 heteroatoms. The Morgan fingerprint density at radius 3 is 2.42 bits per heavy atom. The zero-order valence-electron chi connectivity index (χ0n) is 17.5. The van der Waals surface area contributed by atoms with Gasteiger partial charge in [-0.25, -0.2) is 17.5 Å². The molecular formula is C22H26FN3O4S. The Bertz CT molecular complexity index is 1080. The van der Waals surface area contributed by atoms with E-state index in [4.69, 9.17) is 0 Å². The molecule has 0 atom stereocenters. The van der Waals surface area contributed by atoms with Crippen molar-refractivity contribution in [1.82, 2.24) is 14.9 Å². The van der Waals surface area contributed by atoms with Gasteiger partial charge in [0.25, 0.3) is 11.8 Å². The molecule has 2 amide bonds. The van der Waals surface area contributed by atoms with Gasteiger partial charge >= 0.3 is 0 Å². The molecular weight excluding hydrogens is 421 g/mol. The lowest BCUT2D eigenvalue weighted by molar-refractivity contribution is 0.0693. The molecule has 0 spiro atoms. The average Bonchev–Trinajstić information content (AvgIpc) is 2.74. The monoisotopic (exact) mass is 447 g/mol. The number of likely N-dealkylation sites (tertiary alicyclic amines) is 1. The van der Waals surface area contributed by atoms with E-state index in [-0.39, 0.29) is 29.0 Å². The van der Waals surface area contributed by atoms with Crippen LogP contribution in [0, 0.1) is 12.7 Å². The summed E-state index contributed by atoms with van der Waals surface area (Å²) in [5.41, 5.74) is 1.22. The van der Waals surface area contributed by atoms with E-state index in [0.29, 0.717) is 31.5 Å². The van der Waals surface area contributed by atoms with E-state index in [2.05, 4.69) is 10.0 Å². The number of hydrogen-bond acceptors (Lipinski definition) is 4. The zero-order valence-corrected chi connectivity index (χ0v) is 18.3. The molecule has 0 saturated carbocycles. The Morgan fingerprint density at radius 1 is 1.10 bits per heavy atom. The van der Waals surface area contributed by atoms with Crippen molar-refractivity contribution in [3.05, 3.63) is 65.0 Å². The first-order valence-corrected chi connectivity index (χ1v) is 11.7. The minimum atomic E-state index is -3.80. The number of nitrogens with one attached hydrogen (secondary N) is 2. The van der Waals surface area contributed by atoms with E-state index in [1.165, 1.54) is 4.90 Å². The van der Waals surface area contributed by atoms with Crippen molar-refractivity contribution < 1.29 is 22.4 Å². The standard InChI is InChI=1S/C22H26FN3O4S/c1-3-24-31(29,30)17-8-9-20(23)19(14-17)22(28)26-12-10-16(11-13-26)25-21(27)18-7-5-4-6-15(18)2/h4-9,14,16,24H,3,10-13H2,1-2H3,(H,25,27). The second-order valence-electron chi connectivity index (χ2n) is 7.50. The molecule has 0 aromatic heterocycles. The van der Waals surface area contributed by atoms with Gasteiger partial charge in [-0.1, -0.05) is 25.1 Å². The number of piperidine rings is 1. The van der Waals surface area contributed by atoms with Gasteiger partial charge < -0.3 is 10.2 Å². The predicted octanol–water partition coefficient (Wildman–Crippen LogP) is 2.47. The van der Waals surface area contributed by atoms with Crippen molar-refractivity contribution in [3.63, 3.8) is 0 Å². The summed E-state index contributed by atoms with van der Waals surface area (Å²) in [5, 5.41) is 2.99. The van der Waals surface area contributed by atoms with Gasteiger partial charge in [-0.2, -0.15) is 0 Å². The van der Waals surface area contributed by atoms with Crippen molar-refractivity contribution >= 4 is 21.8 Å². The van der Waals surface area contributed by atoms with Crippen molar-refractivity contribution in [3.8, 4) is 0 Å². The van der Waals surface area contributed by atoms with E-state index >= 15 is 0 Å². The van der Waals surface area contributed by atoms with Gasteiger partial charge in [-0.15, -0.1) is 0 Å². The van der Waals surface area contributed by atoms with E-state index in [1.807, 2.05) is 25.1 Å². The van der Waals surface area contributed by atoms with Gasteiger partial charge in [0.15, 0.2) is 0 Å². The second-order valence-corrected chi connectivity index (χ2v) is 9.26. The maximum Gasteiger partial charge on any atom is 0.256 e. The van der Waals surface area contributed by atoms with Crippen LogP contribution in [0.25, 0.3) is 0 Å². The van der Waals surface area contributed by atoms with Crippen molar-refractivity contribution in [2.45, 2.75) is 37.6 Å². The molecule has 2 aromatic rings. The lowest BCUT2D eigenvalue weighted by Gasteiger charge is -2.32. The average molecular weight is 448 g/mol. The predicted molar refractivity (Wildman–Crippen MR) is 115 cm³/mol. The second kappa shape index (κ2) is 9.57.